The predicted octanol–water partition coefficient (Wildman–Crippen LogP) is 2.71. The minimum absolute atomic E-state index is 0.0868. The van der Waals surface area contributed by atoms with E-state index in [-0.39, 0.29) is 11.5 Å². The molecule has 2 rings (SSSR count). The summed E-state index contributed by atoms with van der Waals surface area (Å²) in [5.41, 5.74) is 7.16. The Kier molecular flexibility index (Phi) is 3.48. The second kappa shape index (κ2) is 4.90. The maximum atomic E-state index is 6.08. The Labute approximate surface area is 107 Å². The van der Waals surface area contributed by atoms with Gasteiger partial charge in [0.15, 0.2) is 5.82 Å². The molecule has 2 N–H and O–H groups in total. The van der Waals surface area contributed by atoms with E-state index in [1.807, 2.05) is 30.3 Å². The van der Waals surface area contributed by atoms with Gasteiger partial charge < -0.3 is 10.3 Å². The highest BCUT2D eigenvalue weighted by Gasteiger charge is 2.27. The van der Waals surface area contributed by atoms with Crippen LogP contribution in [0.15, 0.2) is 34.9 Å². The van der Waals surface area contributed by atoms with Gasteiger partial charge in [-0.2, -0.15) is 4.98 Å². The highest BCUT2D eigenvalue weighted by Crippen LogP contribution is 2.29. The van der Waals surface area contributed by atoms with Crippen molar-refractivity contribution in [3.05, 3.63) is 47.6 Å². The number of aromatic nitrogens is 2. The number of hydrogen-bond acceptors (Lipinski definition) is 4. The number of rotatable bonds is 3. The average Bonchev–Trinajstić information content (AvgIpc) is 2.76. The van der Waals surface area contributed by atoms with Gasteiger partial charge in [0.1, 0.15) is 0 Å². The van der Waals surface area contributed by atoms with E-state index >= 15 is 0 Å². The van der Waals surface area contributed by atoms with Gasteiger partial charge >= 0.3 is 0 Å². The Balaban J connectivity index is 2.12. The van der Waals surface area contributed by atoms with Gasteiger partial charge in [0.25, 0.3) is 0 Å². The van der Waals surface area contributed by atoms with E-state index in [1.165, 1.54) is 0 Å². The second-order valence-corrected chi connectivity index (χ2v) is 5.55. The monoisotopic (exact) mass is 245 g/mol. The van der Waals surface area contributed by atoms with Crippen molar-refractivity contribution in [1.82, 2.24) is 10.1 Å². The minimum atomic E-state index is -0.241. The predicted molar refractivity (Wildman–Crippen MR) is 69.9 cm³/mol. The SMILES string of the molecule is CC(C)(C)[C@@H](N)c1nc(Cc2ccccc2)no1. The lowest BCUT2D eigenvalue weighted by atomic mass is 9.87. The Morgan fingerprint density at radius 3 is 2.50 bits per heavy atom. The Hall–Kier alpha value is -1.68. The Morgan fingerprint density at radius 2 is 1.89 bits per heavy atom. The van der Waals surface area contributed by atoms with E-state index in [0.29, 0.717) is 18.1 Å². The van der Waals surface area contributed by atoms with Crippen molar-refractivity contribution in [2.75, 3.05) is 0 Å². The fourth-order valence-corrected chi connectivity index (χ4v) is 1.61. The molecule has 0 unspecified atom stereocenters. The van der Waals surface area contributed by atoms with Crippen LogP contribution in [0.4, 0.5) is 0 Å². The zero-order valence-electron chi connectivity index (χ0n) is 11.1. The normalized spacial score (nSPS) is 13.6. The molecule has 0 radical (unpaired) electrons. The molecule has 4 nitrogen and oxygen atoms in total. The summed E-state index contributed by atoms with van der Waals surface area (Å²) >= 11 is 0. The summed E-state index contributed by atoms with van der Waals surface area (Å²) in [6.45, 7) is 6.16. The molecule has 0 aliphatic carbocycles. The smallest absolute Gasteiger partial charge is 0.244 e. The summed E-state index contributed by atoms with van der Waals surface area (Å²) in [6, 6.07) is 9.82. The first-order valence-electron chi connectivity index (χ1n) is 6.09. The molecule has 0 saturated heterocycles. The third kappa shape index (κ3) is 2.96. The van der Waals surface area contributed by atoms with Gasteiger partial charge in [-0.15, -0.1) is 0 Å². The standard InChI is InChI=1S/C14H19N3O/c1-14(2,3)12(15)13-16-11(17-18-13)9-10-7-5-4-6-8-10/h4-8,12H,9,15H2,1-3H3/t12-/m0/s1. The van der Waals surface area contributed by atoms with Gasteiger partial charge in [-0.1, -0.05) is 56.3 Å². The van der Waals surface area contributed by atoms with Gasteiger partial charge in [-0.05, 0) is 11.0 Å². The minimum Gasteiger partial charge on any atom is -0.338 e. The molecule has 0 amide bonds. The molecule has 4 heteroatoms. The van der Waals surface area contributed by atoms with E-state index in [2.05, 4.69) is 30.9 Å². The fourth-order valence-electron chi connectivity index (χ4n) is 1.61. The van der Waals surface area contributed by atoms with Gasteiger partial charge in [0, 0.05) is 6.42 Å². The average molecular weight is 245 g/mol. The van der Waals surface area contributed by atoms with E-state index in [9.17, 15) is 0 Å². The Morgan fingerprint density at radius 1 is 1.22 bits per heavy atom. The van der Waals surface area contributed by atoms with Crippen LogP contribution in [0.2, 0.25) is 0 Å². The zero-order valence-corrected chi connectivity index (χ0v) is 11.1. The van der Waals surface area contributed by atoms with Crippen LogP contribution in [0.25, 0.3) is 0 Å². The number of hydrogen-bond donors (Lipinski definition) is 1. The van der Waals surface area contributed by atoms with Crippen molar-refractivity contribution < 1.29 is 4.52 Å². The first-order chi connectivity index (χ1) is 8.47. The molecule has 96 valence electrons. The molecule has 18 heavy (non-hydrogen) atoms. The molecule has 1 atom stereocenters. The number of nitrogens with two attached hydrogens (primary N) is 1. The largest absolute Gasteiger partial charge is 0.338 e. The molecule has 2 aromatic rings. The summed E-state index contributed by atoms with van der Waals surface area (Å²) in [5.74, 6) is 1.18. The lowest BCUT2D eigenvalue weighted by Crippen LogP contribution is -2.26. The zero-order chi connectivity index (χ0) is 13.2. The van der Waals surface area contributed by atoms with Gasteiger partial charge in [-0.3, -0.25) is 0 Å². The van der Waals surface area contributed by atoms with Crippen LogP contribution in [0, 0.1) is 5.41 Å². The molecule has 0 bridgehead atoms. The first-order valence-corrected chi connectivity index (χ1v) is 6.09. The van der Waals surface area contributed by atoms with E-state index in [1.54, 1.807) is 0 Å². The van der Waals surface area contributed by atoms with Crippen LogP contribution < -0.4 is 5.73 Å². The molecule has 1 aromatic heterocycles. The summed E-state index contributed by atoms with van der Waals surface area (Å²) in [5, 5.41) is 3.98. The summed E-state index contributed by atoms with van der Waals surface area (Å²) < 4.78 is 5.24. The van der Waals surface area contributed by atoms with Gasteiger partial charge in [-0.25, -0.2) is 0 Å². The van der Waals surface area contributed by atoms with Crippen LogP contribution >= 0.6 is 0 Å². The third-order valence-electron chi connectivity index (χ3n) is 2.89. The van der Waals surface area contributed by atoms with Gasteiger partial charge in [0.2, 0.25) is 5.89 Å². The lowest BCUT2D eigenvalue weighted by molar-refractivity contribution is 0.252. The van der Waals surface area contributed by atoms with E-state index in [0.717, 1.165) is 5.56 Å². The third-order valence-corrected chi connectivity index (χ3v) is 2.89. The molecule has 0 saturated carbocycles. The van der Waals surface area contributed by atoms with Crippen LogP contribution in [0.3, 0.4) is 0 Å². The number of benzene rings is 1. The highest BCUT2D eigenvalue weighted by atomic mass is 16.5. The van der Waals surface area contributed by atoms with Crippen LogP contribution in [-0.4, -0.2) is 10.1 Å². The second-order valence-electron chi connectivity index (χ2n) is 5.55. The quantitative estimate of drug-likeness (QED) is 0.903. The number of nitrogens with zero attached hydrogens (tertiary/aromatic N) is 2. The summed E-state index contributed by atoms with van der Waals surface area (Å²) in [6.07, 6.45) is 0.668. The van der Waals surface area contributed by atoms with E-state index in [4.69, 9.17) is 10.3 Å². The molecule has 0 aliphatic rings. The van der Waals surface area contributed by atoms with Crippen LogP contribution in [-0.2, 0) is 6.42 Å². The maximum Gasteiger partial charge on any atom is 0.244 e. The molecule has 1 aromatic carbocycles. The van der Waals surface area contributed by atoms with Crippen molar-refractivity contribution in [1.29, 1.82) is 0 Å². The molecule has 1 heterocycles. The van der Waals surface area contributed by atoms with Crippen molar-refractivity contribution >= 4 is 0 Å². The van der Waals surface area contributed by atoms with Crippen molar-refractivity contribution in [3.8, 4) is 0 Å². The summed E-state index contributed by atoms with van der Waals surface area (Å²) in [7, 11) is 0. The molecule has 0 aliphatic heterocycles. The molecule has 0 fully saturated rings. The molecular weight excluding hydrogens is 226 g/mol. The molecular formula is C14H19N3O. The van der Waals surface area contributed by atoms with Gasteiger partial charge in [0.05, 0.1) is 6.04 Å². The maximum absolute atomic E-state index is 6.08. The topological polar surface area (TPSA) is 64.9 Å². The van der Waals surface area contributed by atoms with Crippen molar-refractivity contribution in [2.24, 2.45) is 11.1 Å². The summed E-state index contributed by atoms with van der Waals surface area (Å²) in [4.78, 5) is 4.37. The van der Waals surface area contributed by atoms with Crippen LogP contribution in [0.5, 0.6) is 0 Å². The fraction of sp³-hybridized carbons (Fsp3) is 0.429. The highest BCUT2D eigenvalue weighted by molar-refractivity contribution is 5.18. The van der Waals surface area contributed by atoms with Crippen molar-refractivity contribution in [3.63, 3.8) is 0 Å². The lowest BCUT2D eigenvalue weighted by Gasteiger charge is -2.23. The molecule has 0 spiro atoms. The first kappa shape index (κ1) is 12.8. The van der Waals surface area contributed by atoms with E-state index < -0.39 is 0 Å². The van der Waals surface area contributed by atoms with Crippen molar-refractivity contribution in [2.45, 2.75) is 33.2 Å². The van der Waals surface area contributed by atoms with Crippen LogP contribution in [0.1, 0.15) is 44.1 Å². The Bertz CT molecular complexity index is 499.